The molecule has 1 amide bonds. The van der Waals surface area contributed by atoms with Gasteiger partial charge in [0.05, 0.1) is 10.0 Å². The summed E-state index contributed by atoms with van der Waals surface area (Å²) < 4.78 is 0. The maximum Gasteiger partial charge on any atom is 0.221 e. The van der Waals surface area contributed by atoms with Gasteiger partial charge >= 0.3 is 0 Å². The quantitative estimate of drug-likeness (QED) is 0.842. The van der Waals surface area contributed by atoms with E-state index in [1.165, 1.54) is 6.92 Å². The van der Waals surface area contributed by atoms with Crippen LogP contribution in [0.2, 0.25) is 10.0 Å². The average molecular weight is 323 g/mol. The zero-order valence-electron chi connectivity index (χ0n) is 11.8. The summed E-state index contributed by atoms with van der Waals surface area (Å²) in [5.74, 6) is -0.0744. The SMILES string of the molecule is CC(=O)Nc1ccc(NCc2ccc(Cl)c(Cl)c2)cc1C. The van der Waals surface area contributed by atoms with E-state index in [1.807, 2.05) is 37.3 Å². The molecule has 0 aromatic heterocycles. The molecule has 0 saturated heterocycles. The van der Waals surface area contributed by atoms with Gasteiger partial charge in [-0.3, -0.25) is 4.79 Å². The molecule has 2 N–H and O–H groups in total. The van der Waals surface area contributed by atoms with Crippen LogP contribution in [0.15, 0.2) is 36.4 Å². The second kappa shape index (κ2) is 6.83. The van der Waals surface area contributed by atoms with Crippen molar-refractivity contribution >= 4 is 40.5 Å². The summed E-state index contributed by atoms with van der Waals surface area (Å²) in [6, 6.07) is 11.4. The van der Waals surface area contributed by atoms with E-state index in [0.29, 0.717) is 16.6 Å². The topological polar surface area (TPSA) is 41.1 Å². The maximum atomic E-state index is 11.1. The minimum absolute atomic E-state index is 0.0744. The van der Waals surface area contributed by atoms with Gasteiger partial charge in [-0.25, -0.2) is 0 Å². The molecule has 0 spiro atoms. The molecule has 0 saturated carbocycles. The van der Waals surface area contributed by atoms with Crippen LogP contribution >= 0.6 is 23.2 Å². The van der Waals surface area contributed by atoms with E-state index in [2.05, 4.69) is 10.6 Å². The highest BCUT2D eigenvalue weighted by atomic mass is 35.5. The second-order valence-corrected chi connectivity index (χ2v) is 5.63. The van der Waals surface area contributed by atoms with Crippen molar-refractivity contribution in [3.05, 3.63) is 57.6 Å². The number of carbonyl (C=O) groups excluding carboxylic acids is 1. The first-order valence-corrected chi connectivity index (χ1v) is 7.27. The Balaban J connectivity index is 2.04. The van der Waals surface area contributed by atoms with Gasteiger partial charge in [0, 0.05) is 24.8 Å². The van der Waals surface area contributed by atoms with Gasteiger partial charge < -0.3 is 10.6 Å². The van der Waals surface area contributed by atoms with Crippen molar-refractivity contribution in [1.29, 1.82) is 0 Å². The van der Waals surface area contributed by atoms with Crippen molar-refractivity contribution in [2.24, 2.45) is 0 Å². The summed E-state index contributed by atoms with van der Waals surface area (Å²) in [4.78, 5) is 11.1. The Bertz CT molecular complexity index is 671. The molecule has 2 aromatic rings. The fourth-order valence-electron chi connectivity index (χ4n) is 1.96. The number of rotatable bonds is 4. The lowest BCUT2D eigenvalue weighted by molar-refractivity contribution is -0.114. The maximum absolute atomic E-state index is 11.1. The number of amides is 1. The van der Waals surface area contributed by atoms with Crippen molar-refractivity contribution in [1.82, 2.24) is 0 Å². The van der Waals surface area contributed by atoms with Crippen LogP contribution in [-0.4, -0.2) is 5.91 Å². The number of anilines is 2. The predicted molar refractivity (Wildman–Crippen MR) is 89.3 cm³/mol. The molecule has 2 rings (SSSR count). The van der Waals surface area contributed by atoms with Crippen molar-refractivity contribution in [2.75, 3.05) is 10.6 Å². The van der Waals surface area contributed by atoms with Gasteiger partial charge in [0.25, 0.3) is 0 Å². The summed E-state index contributed by atoms with van der Waals surface area (Å²) in [5.41, 5.74) is 3.85. The van der Waals surface area contributed by atoms with Gasteiger partial charge in [-0.2, -0.15) is 0 Å². The van der Waals surface area contributed by atoms with Crippen LogP contribution < -0.4 is 10.6 Å². The molecule has 0 bridgehead atoms. The smallest absolute Gasteiger partial charge is 0.221 e. The third-order valence-corrected chi connectivity index (χ3v) is 3.76. The van der Waals surface area contributed by atoms with Crippen LogP contribution in [0, 0.1) is 6.92 Å². The molecule has 5 heteroatoms. The van der Waals surface area contributed by atoms with Gasteiger partial charge in [0.2, 0.25) is 5.91 Å². The lowest BCUT2D eigenvalue weighted by Gasteiger charge is -2.11. The fraction of sp³-hybridized carbons (Fsp3) is 0.188. The normalized spacial score (nSPS) is 10.3. The van der Waals surface area contributed by atoms with Crippen molar-refractivity contribution in [3.63, 3.8) is 0 Å². The van der Waals surface area contributed by atoms with Crippen LogP contribution in [0.3, 0.4) is 0 Å². The van der Waals surface area contributed by atoms with Gasteiger partial charge in [0.15, 0.2) is 0 Å². The number of aryl methyl sites for hydroxylation is 1. The fourth-order valence-corrected chi connectivity index (χ4v) is 2.28. The van der Waals surface area contributed by atoms with E-state index in [4.69, 9.17) is 23.2 Å². The Kier molecular flexibility index (Phi) is 5.10. The Hall–Kier alpha value is -1.71. The number of carbonyl (C=O) groups is 1. The van der Waals surface area contributed by atoms with Gasteiger partial charge in [-0.05, 0) is 48.4 Å². The number of benzene rings is 2. The molecule has 21 heavy (non-hydrogen) atoms. The standard InChI is InChI=1S/C16H16Cl2N2O/c1-10-7-13(4-6-16(10)20-11(2)21)19-9-12-3-5-14(17)15(18)8-12/h3-8,19H,9H2,1-2H3,(H,20,21). The average Bonchev–Trinajstić information content (AvgIpc) is 2.42. The monoisotopic (exact) mass is 322 g/mol. The van der Waals surface area contributed by atoms with Crippen LogP contribution in [0.25, 0.3) is 0 Å². The summed E-state index contributed by atoms with van der Waals surface area (Å²) in [7, 11) is 0. The van der Waals surface area contributed by atoms with E-state index in [1.54, 1.807) is 6.07 Å². The molecular formula is C16H16Cl2N2O. The number of nitrogens with one attached hydrogen (secondary N) is 2. The first-order chi connectivity index (χ1) is 9.95. The molecule has 3 nitrogen and oxygen atoms in total. The highest BCUT2D eigenvalue weighted by molar-refractivity contribution is 6.42. The molecule has 110 valence electrons. The number of halogens is 2. The van der Waals surface area contributed by atoms with Crippen LogP contribution in [0.4, 0.5) is 11.4 Å². The summed E-state index contributed by atoms with van der Waals surface area (Å²) in [5, 5.41) is 7.20. The lowest BCUT2D eigenvalue weighted by atomic mass is 10.1. The highest BCUT2D eigenvalue weighted by Crippen LogP contribution is 2.24. The molecule has 2 aromatic carbocycles. The zero-order chi connectivity index (χ0) is 15.4. The second-order valence-electron chi connectivity index (χ2n) is 4.81. The molecular weight excluding hydrogens is 307 g/mol. The summed E-state index contributed by atoms with van der Waals surface area (Å²) in [6.45, 7) is 4.10. The van der Waals surface area contributed by atoms with Crippen LogP contribution in [-0.2, 0) is 11.3 Å². The Morgan fingerprint density at radius 2 is 1.86 bits per heavy atom. The van der Waals surface area contributed by atoms with Crippen molar-refractivity contribution in [3.8, 4) is 0 Å². The number of hydrogen-bond acceptors (Lipinski definition) is 2. The van der Waals surface area contributed by atoms with Crippen LogP contribution in [0.5, 0.6) is 0 Å². The van der Waals surface area contributed by atoms with E-state index >= 15 is 0 Å². The predicted octanol–water partition coefficient (Wildman–Crippen LogP) is 4.87. The molecule has 0 aliphatic carbocycles. The Morgan fingerprint density at radius 1 is 1.10 bits per heavy atom. The highest BCUT2D eigenvalue weighted by Gasteiger charge is 2.03. The Morgan fingerprint density at radius 3 is 2.48 bits per heavy atom. The van der Waals surface area contributed by atoms with Gasteiger partial charge in [-0.1, -0.05) is 29.3 Å². The Labute approximate surface area is 134 Å². The minimum Gasteiger partial charge on any atom is -0.381 e. The zero-order valence-corrected chi connectivity index (χ0v) is 13.3. The molecule has 0 aliphatic rings. The van der Waals surface area contributed by atoms with E-state index in [0.717, 1.165) is 22.5 Å². The number of hydrogen-bond donors (Lipinski definition) is 2. The third-order valence-electron chi connectivity index (χ3n) is 3.02. The molecule has 0 aliphatic heterocycles. The van der Waals surface area contributed by atoms with Crippen molar-refractivity contribution in [2.45, 2.75) is 20.4 Å². The molecule has 0 fully saturated rings. The first-order valence-electron chi connectivity index (χ1n) is 6.52. The molecule has 0 radical (unpaired) electrons. The van der Waals surface area contributed by atoms with Crippen molar-refractivity contribution < 1.29 is 4.79 Å². The minimum atomic E-state index is -0.0744. The third kappa shape index (κ3) is 4.38. The molecule has 0 heterocycles. The molecule has 0 unspecified atom stereocenters. The van der Waals surface area contributed by atoms with E-state index in [-0.39, 0.29) is 5.91 Å². The van der Waals surface area contributed by atoms with Crippen LogP contribution in [0.1, 0.15) is 18.1 Å². The lowest BCUT2D eigenvalue weighted by Crippen LogP contribution is -2.07. The summed E-state index contributed by atoms with van der Waals surface area (Å²) in [6.07, 6.45) is 0. The van der Waals surface area contributed by atoms with Gasteiger partial charge in [-0.15, -0.1) is 0 Å². The molecule has 0 atom stereocenters. The summed E-state index contributed by atoms with van der Waals surface area (Å²) >= 11 is 11.9. The first kappa shape index (κ1) is 15.7. The van der Waals surface area contributed by atoms with Gasteiger partial charge in [0.1, 0.15) is 0 Å². The largest absolute Gasteiger partial charge is 0.381 e. The van der Waals surface area contributed by atoms with E-state index < -0.39 is 0 Å². The van der Waals surface area contributed by atoms with E-state index in [9.17, 15) is 4.79 Å².